The van der Waals surface area contributed by atoms with E-state index >= 15 is 0 Å². The Morgan fingerprint density at radius 3 is 2.09 bits per heavy atom. The Kier molecular flexibility index (Phi) is 7.80. The van der Waals surface area contributed by atoms with Crippen molar-refractivity contribution in [3.63, 3.8) is 0 Å². The van der Waals surface area contributed by atoms with Crippen LogP contribution in [-0.4, -0.2) is 48.4 Å². The largest absolute Gasteiger partial charge is 0.481 e. The van der Waals surface area contributed by atoms with Gasteiger partial charge in [-0.05, 0) is 28.7 Å². The molecule has 2 aromatic rings. The lowest BCUT2D eigenvalue weighted by Crippen LogP contribution is -2.50. The lowest BCUT2D eigenvalue weighted by molar-refractivity contribution is -0.149. The van der Waals surface area contributed by atoms with Gasteiger partial charge in [0.05, 0.1) is 12.3 Å². The Morgan fingerprint density at radius 2 is 1.59 bits per heavy atom. The molecule has 0 radical (unpaired) electrons. The number of carboxylic acids is 1. The van der Waals surface area contributed by atoms with Crippen LogP contribution in [-0.2, 0) is 14.3 Å². The zero-order valence-electron chi connectivity index (χ0n) is 18.4. The molecule has 1 aliphatic carbocycles. The third-order valence-corrected chi connectivity index (χ3v) is 5.75. The van der Waals surface area contributed by atoms with Crippen LogP contribution in [0.25, 0.3) is 11.1 Å². The number of carbonyl (C=O) groups is 3. The van der Waals surface area contributed by atoms with Gasteiger partial charge >= 0.3 is 18.2 Å². The van der Waals surface area contributed by atoms with Gasteiger partial charge in [0.15, 0.2) is 0 Å². The van der Waals surface area contributed by atoms with Crippen molar-refractivity contribution in [2.45, 2.75) is 37.9 Å². The highest BCUT2D eigenvalue weighted by Gasteiger charge is 2.37. The fourth-order valence-electron chi connectivity index (χ4n) is 3.98. The average molecular weight is 478 g/mol. The Balaban J connectivity index is 1.66. The first-order valence-corrected chi connectivity index (χ1v) is 10.8. The number of benzene rings is 2. The molecule has 0 saturated heterocycles. The summed E-state index contributed by atoms with van der Waals surface area (Å²) in [5.74, 6) is -3.57. The van der Waals surface area contributed by atoms with Gasteiger partial charge in [-0.2, -0.15) is 13.2 Å². The molecule has 182 valence electrons. The second-order valence-corrected chi connectivity index (χ2v) is 8.03. The maximum absolute atomic E-state index is 13.0. The van der Waals surface area contributed by atoms with Crippen molar-refractivity contribution in [1.82, 2.24) is 10.6 Å². The van der Waals surface area contributed by atoms with E-state index in [1.807, 2.05) is 53.8 Å². The molecule has 2 amide bonds. The van der Waals surface area contributed by atoms with Crippen LogP contribution in [0.3, 0.4) is 0 Å². The first-order valence-electron chi connectivity index (χ1n) is 10.8. The second kappa shape index (κ2) is 10.6. The van der Waals surface area contributed by atoms with Crippen LogP contribution >= 0.6 is 0 Å². The van der Waals surface area contributed by atoms with Crippen LogP contribution < -0.4 is 10.6 Å². The van der Waals surface area contributed by atoms with Crippen LogP contribution in [0, 0.1) is 5.92 Å². The fourth-order valence-corrected chi connectivity index (χ4v) is 3.98. The Morgan fingerprint density at radius 1 is 1.03 bits per heavy atom. The van der Waals surface area contributed by atoms with Crippen molar-refractivity contribution in [2.75, 3.05) is 13.2 Å². The topological polar surface area (TPSA) is 105 Å². The first kappa shape index (κ1) is 25.1. The number of carboxylic acid groups (broad SMARTS) is 1. The van der Waals surface area contributed by atoms with E-state index in [0.717, 1.165) is 22.3 Å². The molecule has 0 spiro atoms. The van der Waals surface area contributed by atoms with E-state index in [9.17, 15) is 27.6 Å². The number of aliphatic carboxylic acids is 1. The van der Waals surface area contributed by atoms with Crippen molar-refractivity contribution >= 4 is 18.0 Å². The molecular weight excluding hydrogens is 453 g/mol. The number of hydrogen-bond acceptors (Lipinski definition) is 4. The molecule has 2 aromatic carbocycles. The standard InChI is InChI=1S/C24H25F3N2O5/c1-2-14(22(31)32)12-28-21(30)20(11-24(25,26)27)29-23(33)34-13-19-17-9-5-3-7-15(17)16-8-4-6-10-18(16)19/h3-10,14,19-20H,2,11-13H2,1H3,(H,28,30)(H,29,33)(H,31,32). The lowest BCUT2D eigenvalue weighted by Gasteiger charge is -2.21. The van der Waals surface area contributed by atoms with E-state index < -0.39 is 42.5 Å². The smallest absolute Gasteiger partial charge is 0.407 e. The van der Waals surface area contributed by atoms with Crippen molar-refractivity contribution in [1.29, 1.82) is 0 Å². The molecule has 3 N–H and O–H groups in total. The van der Waals surface area contributed by atoms with Crippen LogP contribution in [0.1, 0.15) is 36.8 Å². The summed E-state index contributed by atoms with van der Waals surface area (Å²) < 4.78 is 44.2. The molecule has 0 fully saturated rings. The minimum absolute atomic E-state index is 0.128. The Bertz CT molecular complexity index is 1010. The molecule has 0 bridgehead atoms. The summed E-state index contributed by atoms with van der Waals surface area (Å²) in [5, 5.41) is 13.2. The number of rotatable bonds is 9. The first-order chi connectivity index (χ1) is 16.1. The summed E-state index contributed by atoms with van der Waals surface area (Å²) in [5.41, 5.74) is 3.84. The Labute approximate surface area is 194 Å². The highest BCUT2D eigenvalue weighted by atomic mass is 19.4. The quantitative estimate of drug-likeness (QED) is 0.504. The number of halogens is 3. The van der Waals surface area contributed by atoms with Gasteiger partial charge in [0.25, 0.3) is 0 Å². The summed E-state index contributed by atoms with van der Waals surface area (Å²) in [4.78, 5) is 35.7. The molecule has 0 saturated carbocycles. The minimum atomic E-state index is -4.74. The molecular formula is C24H25F3N2O5. The molecule has 7 nitrogen and oxygen atoms in total. The van der Waals surface area contributed by atoms with E-state index in [0.29, 0.717) is 0 Å². The van der Waals surface area contributed by atoms with Crippen molar-refractivity contribution in [3.05, 3.63) is 59.7 Å². The monoisotopic (exact) mass is 478 g/mol. The maximum atomic E-state index is 13.0. The van der Waals surface area contributed by atoms with Gasteiger partial charge in [-0.25, -0.2) is 4.79 Å². The molecule has 34 heavy (non-hydrogen) atoms. The van der Waals surface area contributed by atoms with Crippen molar-refractivity contribution < 1.29 is 37.4 Å². The normalized spacial score (nSPS) is 14.5. The number of amides is 2. The van der Waals surface area contributed by atoms with E-state index in [4.69, 9.17) is 9.84 Å². The fraction of sp³-hybridized carbons (Fsp3) is 0.375. The highest BCUT2D eigenvalue weighted by molar-refractivity contribution is 5.86. The van der Waals surface area contributed by atoms with Crippen LogP contribution in [0.5, 0.6) is 0 Å². The van der Waals surface area contributed by atoms with Crippen LogP contribution in [0.4, 0.5) is 18.0 Å². The van der Waals surface area contributed by atoms with Gasteiger partial charge in [0, 0.05) is 12.5 Å². The van der Waals surface area contributed by atoms with E-state index in [1.54, 1.807) is 6.92 Å². The second-order valence-electron chi connectivity index (χ2n) is 8.03. The molecule has 0 aromatic heterocycles. The van der Waals surface area contributed by atoms with Crippen LogP contribution in [0.15, 0.2) is 48.5 Å². The molecule has 0 aliphatic heterocycles. The Hall–Kier alpha value is -3.56. The number of nitrogens with one attached hydrogen (secondary N) is 2. The maximum Gasteiger partial charge on any atom is 0.407 e. The van der Waals surface area contributed by atoms with Gasteiger partial charge in [-0.15, -0.1) is 0 Å². The predicted molar refractivity (Wildman–Crippen MR) is 117 cm³/mol. The van der Waals surface area contributed by atoms with Crippen molar-refractivity contribution in [2.24, 2.45) is 5.92 Å². The molecule has 2 unspecified atom stereocenters. The minimum Gasteiger partial charge on any atom is -0.481 e. The average Bonchev–Trinajstić information content (AvgIpc) is 3.10. The molecule has 10 heteroatoms. The molecule has 2 atom stereocenters. The number of hydrogen-bond donors (Lipinski definition) is 3. The summed E-state index contributed by atoms with van der Waals surface area (Å²) >= 11 is 0. The summed E-state index contributed by atoms with van der Waals surface area (Å²) in [6, 6.07) is 13.2. The number of alkyl carbamates (subject to hydrolysis) is 1. The van der Waals surface area contributed by atoms with E-state index in [2.05, 4.69) is 5.32 Å². The number of alkyl halides is 3. The van der Waals surface area contributed by atoms with Crippen molar-refractivity contribution in [3.8, 4) is 11.1 Å². The summed E-state index contributed by atoms with van der Waals surface area (Å²) in [6.07, 6.45) is -7.35. The number of ether oxygens (including phenoxy) is 1. The SMILES string of the molecule is CCC(CNC(=O)C(CC(F)(F)F)NC(=O)OCC1c2ccccc2-c2ccccc21)C(=O)O. The van der Waals surface area contributed by atoms with Gasteiger partial charge in [0.1, 0.15) is 12.6 Å². The third-order valence-electron chi connectivity index (χ3n) is 5.75. The van der Waals surface area contributed by atoms with Gasteiger partial charge < -0.3 is 20.5 Å². The predicted octanol–water partition coefficient (Wildman–Crippen LogP) is 4.07. The zero-order chi connectivity index (χ0) is 24.9. The molecule has 1 aliphatic rings. The lowest BCUT2D eigenvalue weighted by atomic mass is 9.98. The summed E-state index contributed by atoms with van der Waals surface area (Å²) in [6.45, 7) is 1.09. The number of fused-ring (bicyclic) bond motifs is 3. The molecule has 0 heterocycles. The van der Waals surface area contributed by atoms with Gasteiger partial charge in [-0.1, -0.05) is 55.5 Å². The molecule has 3 rings (SSSR count). The highest BCUT2D eigenvalue weighted by Crippen LogP contribution is 2.44. The van der Waals surface area contributed by atoms with E-state index in [-0.39, 0.29) is 25.5 Å². The van der Waals surface area contributed by atoms with Crippen LogP contribution in [0.2, 0.25) is 0 Å². The number of carbonyl (C=O) groups excluding carboxylic acids is 2. The van der Waals surface area contributed by atoms with Gasteiger partial charge in [0.2, 0.25) is 5.91 Å². The summed E-state index contributed by atoms with van der Waals surface area (Å²) in [7, 11) is 0. The van der Waals surface area contributed by atoms with Gasteiger partial charge in [-0.3, -0.25) is 9.59 Å². The van der Waals surface area contributed by atoms with E-state index in [1.165, 1.54) is 0 Å². The zero-order valence-corrected chi connectivity index (χ0v) is 18.4. The third kappa shape index (κ3) is 6.06.